The molecule has 0 saturated heterocycles. The Morgan fingerprint density at radius 1 is 1.00 bits per heavy atom. The summed E-state index contributed by atoms with van der Waals surface area (Å²) in [5.41, 5.74) is 0. The monoisotopic (exact) mass is 210 g/mol. The van der Waals surface area contributed by atoms with Crippen LogP contribution in [0.4, 0.5) is 0 Å². The van der Waals surface area contributed by atoms with Gasteiger partial charge in [0.2, 0.25) is 0 Å². The van der Waals surface area contributed by atoms with E-state index in [4.69, 9.17) is 0 Å². The summed E-state index contributed by atoms with van der Waals surface area (Å²) in [6.45, 7) is 0. The van der Waals surface area contributed by atoms with Crippen LogP contribution in [0.15, 0.2) is 30.3 Å². The van der Waals surface area contributed by atoms with Crippen molar-refractivity contribution in [3.05, 3.63) is 30.3 Å². The quantitative estimate of drug-likeness (QED) is 0.491. The Morgan fingerprint density at radius 3 is 1.92 bits per heavy atom. The van der Waals surface area contributed by atoms with E-state index in [1.807, 2.05) is 0 Å². The molecule has 3 nitrogen and oxygen atoms in total. The third kappa shape index (κ3) is 6.07. The summed E-state index contributed by atoms with van der Waals surface area (Å²) in [5, 5.41) is 0. The fraction of sp³-hybridized carbons (Fsp3) is 0. The zero-order valence-electron chi connectivity index (χ0n) is 5.06. The Kier molecular flexibility index (Phi) is 10.1. The summed E-state index contributed by atoms with van der Waals surface area (Å²) >= 11 is 0. The second-order valence-corrected chi connectivity index (χ2v) is 2.26. The van der Waals surface area contributed by atoms with Crippen molar-refractivity contribution in [1.82, 2.24) is 0 Å². The molecular formula is C6H10Mg2O3S. The lowest BCUT2D eigenvalue weighted by Crippen LogP contribution is -1.88. The normalized spacial score (nSPS) is 8.08. The highest BCUT2D eigenvalue weighted by Gasteiger charge is 1.88. The maximum Gasteiger partial charge on any atom is 0.316 e. The number of rotatable bonds is 2. The second kappa shape index (κ2) is 8.12. The van der Waals surface area contributed by atoms with E-state index >= 15 is 0 Å². The summed E-state index contributed by atoms with van der Waals surface area (Å²) in [7, 11) is -2.78. The van der Waals surface area contributed by atoms with Crippen molar-refractivity contribution < 1.29 is 12.6 Å². The fourth-order valence-electron chi connectivity index (χ4n) is 0.567. The van der Waals surface area contributed by atoms with Gasteiger partial charge in [-0.1, -0.05) is 18.2 Å². The van der Waals surface area contributed by atoms with Crippen molar-refractivity contribution in [2.24, 2.45) is 0 Å². The Morgan fingerprint density at radius 2 is 1.50 bits per heavy atom. The van der Waals surface area contributed by atoms with Crippen molar-refractivity contribution in [3.8, 4) is 5.75 Å². The van der Waals surface area contributed by atoms with Crippen molar-refractivity contribution in [1.29, 1.82) is 0 Å². The van der Waals surface area contributed by atoms with Gasteiger partial charge >= 0.3 is 46.1 Å². The molecule has 1 aromatic carbocycles. The van der Waals surface area contributed by atoms with Gasteiger partial charge in [-0.05, 0) is 12.1 Å². The molecule has 1 aromatic rings. The molecule has 0 spiro atoms. The van der Waals surface area contributed by atoms with E-state index in [1.54, 1.807) is 30.3 Å². The van der Waals surface area contributed by atoms with Crippen molar-refractivity contribution in [2.75, 3.05) is 0 Å². The lowest BCUT2D eigenvalue weighted by molar-refractivity contribution is 0.510. The molecule has 1 rings (SSSR count). The van der Waals surface area contributed by atoms with Crippen LogP contribution in [-0.4, -0.2) is 54.5 Å². The van der Waals surface area contributed by atoms with E-state index in [-0.39, 0.29) is 46.1 Å². The lowest BCUT2D eigenvalue weighted by atomic mass is 10.3. The highest BCUT2D eigenvalue weighted by Crippen LogP contribution is 2.07. The zero-order valence-corrected chi connectivity index (χ0v) is 5.95. The van der Waals surface area contributed by atoms with Crippen molar-refractivity contribution >= 4 is 57.1 Å². The average molecular weight is 211 g/mol. The molecule has 0 saturated carbocycles. The van der Waals surface area contributed by atoms with E-state index in [0.29, 0.717) is 5.75 Å². The smallest absolute Gasteiger partial charge is 0.316 e. The topological polar surface area (TPSA) is 43.4 Å². The van der Waals surface area contributed by atoms with E-state index in [0.717, 1.165) is 0 Å². The van der Waals surface area contributed by atoms with Gasteiger partial charge in [-0.3, -0.25) is 0 Å². The highest BCUT2D eigenvalue weighted by molar-refractivity contribution is 7.67. The Balaban J connectivity index is 0. The zero-order chi connectivity index (χ0) is 7.40. The molecule has 0 aliphatic rings. The first-order valence-corrected chi connectivity index (χ1v) is 3.76. The molecule has 0 radical (unpaired) electrons. The molecule has 0 amide bonds. The number of hydrogen-bond acceptors (Lipinski definition) is 3. The minimum absolute atomic E-state index is 0. The van der Waals surface area contributed by atoms with Crippen LogP contribution < -0.4 is 4.18 Å². The molecule has 0 N–H and O–H groups in total. The van der Waals surface area contributed by atoms with Crippen molar-refractivity contribution in [2.45, 2.75) is 0 Å². The third-order valence-electron chi connectivity index (χ3n) is 0.923. The number of benzene rings is 1. The summed E-state index contributed by atoms with van der Waals surface area (Å²) < 4.78 is 24.3. The Bertz CT molecular complexity index is 265. The molecule has 62 valence electrons. The SMILES string of the molecule is O=[SH](=O)Oc1ccccc1.[MgH2].[MgH2]. The van der Waals surface area contributed by atoms with Crippen LogP contribution in [0.5, 0.6) is 5.75 Å². The minimum atomic E-state index is -2.78. The number of para-hydroxylation sites is 1. The van der Waals surface area contributed by atoms with Gasteiger partial charge < -0.3 is 4.18 Å². The van der Waals surface area contributed by atoms with Gasteiger partial charge in [0.1, 0.15) is 5.75 Å². The Hall–Kier alpha value is 0.502. The van der Waals surface area contributed by atoms with Crippen molar-refractivity contribution in [3.63, 3.8) is 0 Å². The first-order chi connectivity index (χ1) is 4.79. The molecule has 0 fully saturated rings. The summed E-state index contributed by atoms with van der Waals surface area (Å²) in [6, 6.07) is 8.34. The maximum absolute atomic E-state index is 9.98. The molecule has 0 aromatic heterocycles. The fourth-order valence-corrected chi connectivity index (χ4v) is 0.861. The van der Waals surface area contributed by atoms with E-state index in [2.05, 4.69) is 4.18 Å². The molecule has 0 aliphatic heterocycles. The van der Waals surface area contributed by atoms with Gasteiger partial charge in [-0.25, -0.2) is 0 Å². The molecular weight excluding hydrogens is 201 g/mol. The maximum atomic E-state index is 9.98. The van der Waals surface area contributed by atoms with Crippen LogP contribution in [0.1, 0.15) is 0 Å². The summed E-state index contributed by atoms with van der Waals surface area (Å²) in [5.74, 6) is 0.346. The van der Waals surface area contributed by atoms with Gasteiger partial charge in [0, 0.05) is 0 Å². The molecule has 6 heteroatoms. The van der Waals surface area contributed by atoms with Gasteiger partial charge in [-0.15, -0.1) is 0 Å². The van der Waals surface area contributed by atoms with Crippen LogP contribution in [0, 0.1) is 0 Å². The van der Waals surface area contributed by atoms with E-state index in [9.17, 15) is 8.42 Å². The molecule has 0 atom stereocenters. The van der Waals surface area contributed by atoms with Crippen LogP contribution in [0.25, 0.3) is 0 Å². The first-order valence-electron chi connectivity index (χ1n) is 2.66. The van der Waals surface area contributed by atoms with Gasteiger partial charge in [0.15, 0.2) is 0 Å². The van der Waals surface area contributed by atoms with Gasteiger partial charge in [0.05, 0.1) is 0 Å². The molecule has 0 bridgehead atoms. The molecule has 0 unspecified atom stereocenters. The highest BCUT2D eigenvalue weighted by atomic mass is 32.2. The largest absolute Gasteiger partial charge is 0.384 e. The van der Waals surface area contributed by atoms with E-state index in [1.165, 1.54) is 0 Å². The second-order valence-electron chi connectivity index (χ2n) is 1.63. The molecule has 0 heterocycles. The van der Waals surface area contributed by atoms with Gasteiger partial charge in [0.25, 0.3) is 11.0 Å². The molecule has 0 aliphatic carbocycles. The lowest BCUT2D eigenvalue weighted by Gasteiger charge is -1.93. The standard InChI is InChI=1S/C6H6O3S.2Mg.4H/c7-10(8)9-6-4-2-1-3-5-6;;;;;;/h1-5,10H;;;;;;. The minimum Gasteiger partial charge on any atom is -0.384 e. The summed E-state index contributed by atoms with van der Waals surface area (Å²) in [4.78, 5) is 0. The summed E-state index contributed by atoms with van der Waals surface area (Å²) in [6.07, 6.45) is 0. The number of thiol groups is 1. The van der Waals surface area contributed by atoms with Crippen LogP contribution in [-0.2, 0) is 11.0 Å². The van der Waals surface area contributed by atoms with Crippen LogP contribution in [0.2, 0.25) is 0 Å². The molecule has 12 heavy (non-hydrogen) atoms. The third-order valence-corrected chi connectivity index (χ3v) is 1.28. The Labute approximate surface area is 105 Å². The van der Waals surface area contributed by atoms with Crippen LogP contribution in [0.3, 0.4) is 0 Å². The predicted molar refractivity (Wildman–Crippen MR) is 54.5 cm³/mol. The average Bonchev–Trinajstić information content (AvgIpc) is 1.88. The number of hydrogen-bond donors (Lipinski definition) is 1. The van der Waals surface area contributed by atoms with E-state index < -0.39 is 11.0 Å². The van der Waals surface area contributed by atoms with Gasteiger partial charge in [-0.2, -0.15) is 8.42 Å². The predicted octanol–water partition coefficient (Wildman–Crippen LogP) is -1.24. The first kappa shape index (κ1) is 15.0. The van der Waals surface area contributed by atoms with Crippen LogP contribution >= 0.6 is 0 Å².